The van der Waals surface area contributed by atoms with E-state index in [1.54, 1.807) is 0 Å². The average molecular weight is 534 g/mol. The Hall–Kier alpha value is -0.870. The molecule has 2 saturated heterocycles. The number of hydrogen-bond donors (Lipinski definition) is 2. The van der Waals surface area contributed by atoms with Crippen LogP contribution in [0.1, 0.15) is 44.0 Å². The maximum absolute atomic E-state index is 12.2. The molecule has 2 aliphatic rings. The molecular formula is C21H36IN5OS. The fourth-order valence-corrected chi connectivity index (χ4v) is 5.42. The zero-order valence-corrected chi connectivity index (χ0v) is 21.2. The highest BCUT2D eigenvalue weighted by Gasteiger charge is 2.32. The number of aliphatic imine (C=N–C) groups is 1. The summed E-state index contributed by atoms with van der Waals surface area (Å²) < 4.78 is 0. The van der Waals surface area contributed by atoms with Crippen molar-refractivity contribution in [2.24, 2.45) is 16.8 Å². The van der Waals surface area contributed by atoms with Crippen LogP contribution in [-0.4, -0.2) is 68.0 Å². The molecule has 1 aromatic heterocycles. The van der Waals surface area contributed by atoms with Gasteiger partial charge < -0.3 is 15.5 Å². The second-order valence-electron chi connectivity index (χ2n) is 8.37. The smallest absolute Gasteiger partial charge is 0.225 e. The predicted molar refractivity (Wildman–Crippen MR) is 132 cm³/mol. The Kier molecular flexibility index (Phi) is 9.68. The van der Waals surface area contributed by atoms with Crippen LogP contribution in [0.15, 0.2) is 22.5 Å². The molecule has 3 atom stereocenters. The SMILES string of the molecule is CN=C(NCC1CCCN(C)C1c1cccs1)NC1CCN(C(=O)C(C)C)C1.I. The molecule has 29 heavy (non-hydrogen) atoms. The largest absolute Gasteiger partial charge is 0.356 e. The first-order valence-corrected chi connectivity index (χ1v) is 11.4. The zero-order valence-electron chi connectivity index (χ0n) is 18.1. The number of amides is 1. The van der Waals surface area contributed by atoms with Crippen LogP contribution in [0.25, 0.3) is 0 Å². The summed E-state index contributed by atoms with van der Waals surface area (Å²) in [5.41, 5.74) is 0. The van der Waals surface area contributed by atoms with Crippen LogP contribution >= 0.6 is 35.3 Å². The van der Waals surface area contributed by atoms with E-state index in [-0.39, 0.29) is 41.8 Å². The minimum absolute atomic E-state index is 0. The second kappa shape index (κ2) is 11.5. The predicted octanol–water partition coefficient (Wildman–Crippen LogP) is 3.17. The van der Waals surface area contributed by atoms with Gasteiger partial charge in [-0.05, 0) is 50.2 Å². The molecule has 0 bridgehead atoms. The van der Waals surface area contributed by atoms with Crippen molar-refractivity contribution in [1.29, 1.82) is 0 Å². The van der Waals surface area contributed by atoms with Gasteiger partial charge in [-0.25, -0.2) is 0 Å². The second-order valence-corrected chi connectivity index (χ2v) is 9.34. The standard InChI is InChI=1S/C21H35N5OS.HI/c1-15(2)20(27)26-11-9-17(14-26)24-21(22-3)23-13-16-7-5-10-25(4)19(16)18-8-6-12-28-18;/h6,8,12,15-17,19H,5,7,9-11,13-14H2,1-4H3,(H2,22,23,24);1H. The first-order valence-electron chi connectivity index (χ1n) is 10.5. The van der Waals surface area contributed by atoms with E-state index >= 15 is 0 Å². The zero-order chi connectivity index (χ0) is 20.1. The minimum atomic E-state index is 0. The molecule has 0 radical (unpaired) electrons. The van der Waals surface area contributed by atoms with Crippen LogP contribution in [-0.2, 0) is 4.79 Å². The highest BCUT2D eigenvalue weighted by molar-refractivity contribution is 14.0. The van der Waals surface area contributed by atoms with E-state index in [0.717, 1.165) is 38.6 Å². The molecule has 0 spiro atoms. The van der Waals surface area contributed by atoms with Crippen LogP contribution in [0.3, 0.4) is 0 Å². The number of guanidine groups is 1. The molecule has 0 saturated carbocycles. The first-order chi connectivity index (χ1) is 13.5. The quantitative estimate of drug-likeness (QED) is 0.347. The third-order valence-corrected chi connectivity index (χ3v) is 6.87. The van der Waals surface area contributed by atoms with Gasteiger partial charge in [-0.15, -0.1) is 35.3 Å². The number of likely N-dealkylation sites (tertiary alicyclic amines) is 2. The lowest BCUT2D eigenvalue weighted by Gasteiger charge is -2.39. The van der Waals surface area contributed by atoms with Crippen molar-refractivity contribution in [3.05, 3.63) is 22.4 Å². The van der Waals surface area contributed by atoms with E-state index in [1.165, 1.54) is 17.7 Å². The number of piperidine rings is 1. The van der Waals surface area contributed by atoms with Gasteiger partial charge in [0.1, 0.15) is 0 Å². The molecule has 2 N–H and O–H groups in total. The van der Waals surface area contributed by atoms with Crippen LogP contribution in [0.2, 0.25) is 0 Å². The maximum Gasteiger partial charge on any atom is 0.225 e. The van der Waals surface area contributed by atoms with E-state index in [9.17, 15) is 4.79 Å². The molecule has 0 aliphatic carbocycles. The topological polar surface area (TPSA) is 60.0 Å². The lowest BCUT2D eigenvalue weighted by Crippen LogP contribution is -2.48. The minimum Gasteiger partial charge on any atom is -0.356 e. The number of halogens is 1. The van der Waals surface area contributed by atoms with Crippen molar-refractivity contribution in [2.45, 2.75) is 45.2 Å². The van der Waals surface area contributed by atoms with Crippen LogP contribution in [0.5, 0.6) is 0 Å². The summed E-state index contributed by atoms with van der Waals surface area (Å²) in [5.74, 6) is 1.73. The Bertz CT molecular complexity index is 666. The van der Waals surface area contributed by atoms with Crippen molar-refractivity contribution in [3.8, 4) is 0 Å². The number of carbonyl (C=O) groups excluding carboxylic acids is 1. The molecule has 0 aromatic carbocycles. The van der Waals surface area contributed by atoms with Gasteiger partial charge in [-0.3, -0.25) is 14.7 Å². The number of thiophene rings is 1. The number of hydrogen-bond acceptors (Lipinski definition) is 4. The van der Waals surface area contributed by atoms with Crippen molar-refractivity contribution >= 4 is 47.2 Å². The Morgan fingerprint density at radius 2 is 2.14 bits per heavy atom. The summed E-state index contributed by atoms with van der Waals surface area (Å²) in [4.78, 5) is 22.5. The van der Waals surface area contributed by atoms with Gasteiger partial charge in [0.05, 0.1) is 0 Å². The molecule has 2 fully saturated rings. The van der Waals surface area contributed by atoms with Crippen molar-refractivity contribution in [3.63, 3.8) is 0 Å². The molecular weight excluding hydrogens is 497 g/mol. The van der Waals surface area contributed by atoms with E-state index in [0.29, 0.717) is 12.0 Å². The van der Waals surface area contributed by atoms with Crippen molar-refractivity contribution in [2.75, 3.05) is 40.3 Å². The normalized spacial score (nSPS) is 25.8. The molecule has 1 aromatic rings. The maximum atomic E-state index is 12.2. The van der Waals surface area contributed by atoms with E-state index < -0.39 is 0 Å². The molecule has 3 rings (SSSR count). The lowest BCUT2D eigenvalue weighted by molar-refractivity contribution is -0.133. The van der Waals surface area contributed by atoms with E-state index in [2.05, 4.69) is 45.1 Å². The Labute approximate surface area is 196 Å². The van der Waals surface area contributed by atoms with E-state index in [1.807, 2.05) is 37.1 Å². The van der Waals surface area contributed by atoms with Gasteiger partial charge in [0.25, 0.3) is 0 Å². The van der Waals surface area contributed by atoms with Gasteiger partial charge >= 0.3 is 0 Å². The molecule has 164 valence electrons. The van der Waals surface area contributed by atoms with Gasteiger partial charge in [-0.2, -0.15) is 0 Å². The molecule has 8 heteroatoms. The van der Waals surface area contributed by atoms with Crippen LogP contribution < -0.4 is 10.6 Å². The average Bonchev–Trinajstić information content (AvgIpc) is 3.36. The Morgan fingerprint density at radius 1 is 1.34 bits per heavy atom. The highest BCUT2D eigenvalue weighted by atomic mass is 127. The third-order valence-electron chi connectivity index (χ3n) is 5.93. The fourth-order valence-electron chi connectivity index (χ4n) is 4.44. The van der Waals surface area contributed by atoms with Crippen LogP contribution in [0.4, 0.5) is 0 Å². The first kappa shape index (κ1) is 24.4. The Morgan fingerprint density at radius 3 is 2.79 bits per heavy atom. The summed E-state index contributed by atoms with van der Waals surface area (Å²) >= 11 is 1.86. The molecule has 1 amide bonds. The summed E-state index contributed by atoms with van der Waals surface area (Å²) in [6, 6.07) is 5.16. The highest BCUT2D eigenvalue weighted by Crippen LogP contribution is 2.36. The molecule has 3 unspecified atom stereocenters. The number of nitrogens with zero attached hydrogens (tertiary/aromatic N) is 3. The van der Waals surface area contributed by atoms with Gasteiger partial charge in [0, 0.05) is 49.6 Å². The van der Waals surface area contributed by atoms with Gasteiger partial charge in [0.15, 0.2) is 5.96 Å². The van der Waals surface area contributed by atoms with E-state index in [4.69, 9.17) is 0 Å². The number of carbonyl (C=O) groups is 1. The molecule has 2 aliphatic heterocycles. The number of nitrogens with one attached hydrogen (secondary N) is 2. The lowest BCUT2D eigenvalue weighted by atomic mass is 9.88. The van der Waals surface area contributed by atoms with Crippen molar-refractivity contribution in [1.82, 2.24) is 20.4 Å². The third kappa shape index (κ3) is 6.30. The Balaban J connectivity index is 0.00000300. The van der Waals surface area contributed by atoms with Gasteiger partial charge in [0.2, 0.25) is 5.91 Å². The van der Waals surface area contributed by atoms with Crippen molar-refractivity contribution < 1.29 is 4.79 Å². The molecule has 6 nitrogen and oxygen atoms in total. The fraction of sp³-hybridized carbons (Fsp3) is 0.714. The summed E-state index contributed by atoms with van der Waals surface area (Å²) in [5, 5.41) is 9.26. The number of rotatable bonds is 5. The summed E-state index contributed by atoms with van der Waals surface area (Å²) in [6.45, 7) is 7.60. The van der Waals surface area contributed by atoms with Crippen LogP contribution in [0, 0.1) is 11.8 Å². The monoisotopic (exact) mass is 533 g/mol. The molecule has 3 heterocycles. The summed E-state index contributed by atoms with van der Waals surface area (Å²) in [7, 11) is 4.06. The summed E-state index contributed by atoms with van der Waals surface area (Å²) in [6.07, 6.45) is 3.45. The van der Waals surface area contributed by atoms with Gasteiger partial charge in [-0.1, -0.05) is 19.9 Å².